The van der Waals surface area contributed by atoms with E-state index in [1.165, 1.54) is 11.1 Å². The van der Waals surface area contributed by atoms with Crippen molar-refractivity contribution < 1.29 is 4.79 Å². The molecule has 0 saturated carbocycles. The largest absolute Gasteiger partial charge is 0.294 e. The number of hydrogen-bond acceptors (Lipinski definition) is 1. The smallest absolute Gasteiger partial charge is 0.165 e. The van der Waals surface area contributed by atoms with Crippen molar-refractivity contribution in [3.63, 3.8) is 0 Å². The number of Topliss-reactive ketones (excluding diaryl/α,β-unsaturated/α-hetero) is 1. The molecule has 1 rings (SSSR count). The van der Waals surface area contributed by atoms with E-state index in [4.69, 9.17) is 0 Å². The first-order valence-corrected chi connectivity index (χ1v) is 6.53. The third-order valence-corrected chi connectivity index (χ3v) is 3.14. The Morgan fingerprint density at radius 1 is 0.882 bits per heavy atom. The van der Waals surface area contributed by atoms with Gasteiger partial charge in [0.15, 0.2) is 5.78 Å². The molecule has 94 valence electrons. The first-order chi connectivity index (χ1) is 7.86. The molecular formula is C16H24O. The van der Waals surface area contributed by atoms with Crippen molar-refractivity contribution in [2.24, 2.45) is 5.92 Å². The van der Waals surface area contributed by atoms with Crippen molar-refractivity contribution in [1.29, 1.82) is 0 Å². The van der Waals surface area contributed by atoms with Gasteiger partial charge < -0.3 is 0 Å². The third-order valence-electron chi connectivity index (χ3n) is 3.14. The monoisotopic (exact) mass is 232 g/mol. The maximum Gasteiger partial charge on any atom is 0.165 e. The number of benzene rings is 1. The predicted molar refractivity (Wildman–Crippen MR) is 73.8 cm³/mol. The normalized spacial score (nSPS) is 11.6. The van der Waals surface area contributed by atoms with Crippen LogP contribution in [-0.2, 0) is 0 Å². The average Bonchev–Trinajstić information content (AvgIpc) is 2.26. The average molecular weight is 232 g/mol. The molecular weight excluding hydrogens is 208 g/mol. The van der Waals surface area contributed by atoms with Crippen LogP contribution in [0.1, 0.15) is 74.9 Å². The quantitative estimate of drug-likeness (QED) is 0.683. The first kappa shape index (κ1) is 14.0. The standard InChI is InChI=1S/C16H24O/c1-10(2)13-8-7-9-14(11(3)4)15(13)16(17)12(5)6/h7-12H,1-6H3. The zero-order valence-corrected chi connectivity index (χ0v) is 11.9. The zero-order chi connectivity index (χ0) is 13.2. The highest BCUT2D eigenvalue weighted by Gasteiger charge is 2.21. The van der Waals surface area contributed by atoms with Gasteiger partial charge in [-0.1, -0.05) is 59.7 Å². The van der Waals surface area contributed by atoms with Crippen LogP contribution in [0, 0.1) is 5.92 Å². The molecule has 0 amide bonds. The Kier molecular flexibility index (Phi) is 4.50. The Hall–Kier alpha value is -1.11. The lowest BCUT2D eigenvalue weighted by atomic mass is 9.84. The number of ketones is 1. The van der Waals surface area contributed by atoms with Gasteiger partial charge >= 0.3 is 0 Å². The minimum absolute atomic E-state index is 0.0624. The highest BCUT2D eigenvalue weighted by atomic mass is 16.1. The molecule has 0 spiro atoms. The van der Waals surface area contributed by atoms with Crippen molar-refractivity contribution in [3.8, 4) is 0 Å². The molecule has 1 nitrogen and oxygen atoms in total. The van der Waals surface area contributed by atoms with Gasteiger partial charge in [-0.05, 0) is 23.0 Å². The maximum atomic E-state index is 12.4. The molecule has 0 saturated heterocycles. The lowest BCUT2D eigenvalue weighted by Crippen LogP contribution is -2.15. The van der Waals surface area contributed by atoms with E-state index in [1.807, 2.05) is 13.8 Å². The summed E-state index contributed by atoms with van der Waals surface area (Å²) in [6, 6.07) is 6.25. The molecule has 1 heteroatoms. The van der Waals surface area contributed by atoms with Gasteiger partial charge in [-0.15, -0.1) is 0 Å². The molecule has 0 N–H and O–H groups in total. The third kappa shape index (κ3) is 2.96. The summed E-state index contributed by atoms with van der Waals surface area (Å²) in [6.07, 6.45) is 0. The summed E-state index contributed by atoms with van der Waals surface area (Å²) in [7, 11) is 0. The minimum atomic E-state index is 0.0624. The minimum Gasteiger partial charge on any atom is -0.294 e. The molecule has 0 aliphatic carbocycles. The SMILES string of the molecule is CC(C)C(=O)c1c(C(C)C)cccc1C(C)C. The molecule has 17 heavy (non-hydrogen) atoms. The summed E-state index contributed by atoms with van der Waals surface area (Å²) in [5.74, 6) is 1.13. The van der Waals surface area contributed by atoms with Crippen LogP contribution in [0.5, 0.6) is 0 Å². The van der Waals surface area contributed by atoms with E-state index in [9.17, 15) is 4.79 Å². The molecule has 0 unspecified atom stereocenters. The highest BCUT2D eigenvalue weighted by molar-refractivity contribution is 6.00. The molecule has 1 aromatic carbocycles. The Morgan fingerprint density at radius 2 is 1.29 bits per heavy atom. The van der Waals surface area contributed by atoms with Gasteiger partial charge in [0.1, 0.15) is 0 Å². The molecule has 1 aromatic rings. The van der Waals surface area contributed by atoms with Crippen LogP contribution >= 0.6 is 0 Å². The van der Waals surface area contributed by atoms with Crippen LogP contribution in [-0.4, -0.2) is 5.78 Å². The van der Waals surface area contributed by atoms with E-state index in [-0.39, 0.29) is 11.7 Å². The number of carbonyl (C=O) groups is 1. The van der Waals surface area contributed by atoms with Crippen molar-refractivity contribution in [3.05, 3.63) is 34.9 Å². The molecule has 0 radical (unpaired) electrons. The van der Waals surface area contributed by atoms with Crippen LogP contribution in [0.25, 0.3) is 0 Å². The van der Waals surface area contributed by atoms with Crippen LogP contribution in [0.2, 0.25) is 0 Å². The number of hydrogen-bond donors (Lipinski definition) is 0. The summed E-state index contributed by atoms with van der Waals surface area (Å²) in [5.41, 5.74) is 3.34. The second kappa shape index (κ2) is 5.48. The fraction of sp³-hybridized carbons (Fsp3) is 0.562. The van der Waals surface area contributed by atoms with Crippen LogP contribution in [0.15, 0.2) is 18.2 Å². The van der Waals surface area contributed by atoms with E-state index in [0.717, 1.165) is 5.56 Å². The van der Waals surface area contributed by atoms with Gasteiger partial charge in [0.25, 0.3) is 0 Å². The molecule has 0 aliphatic heterocycles. The molecule has 0 bridgehead atoms. The fourth-order valence-corrected chi connectivity index (χ4v) is 2.12. The molecule has 0 atom stereocenters. The van der Waals surface area contributed by atoms with E-state index >= 15 is 0 Å². The Bertz CT molecular complexity index is 374. The van der Waals surface area contributed by atoms with E-state index in [0.29, 0.717) is 11.8 Å². The lowest BCUT2D eigenvalue weighted by Gasteiger charge is -2.19. The molecule has 0 aromatic heterocycles. The Balaban J connectivity index is 3.44. The van der Waals surface area contributed by atoms with Gasteiger partial charge in [-0.3, -0.25) is 4.79 Å². The topological polar surface area (TPSA) is 17.1 Å². The Labute approximate surface area is 105 Å². The maximum absolute atomic E-state index is 12.4. The van der Waals surface area contributed by atoms with Crippen LogP contribution in [0.3, 0.4) is 0 Å². The van der Waals surface area contributed by atoms with Crippen molar-refractivity contribution in [2.45, 2.75) is 53.4 Å². The summed E-state index contributed by atoms with van der Waals surface area (Å²) in [4.78, 5) is 12.4. The van der Waals surface area contributed by atoms with Crippen LogP contribution in [0.4, 0.5) is 0 Å². The van der Waals surface area contributed by atoms with Crippen molar-refractivity contribution >= 4 is 5.78 Å². The van der Waals surface area contributed by atoms with E-state index < -0.39 is 0 Å². The van der Waals surface area contributed by atoms with Gasteiger partial charge in [-0.25, -0.2) is 0 Å². The summed E-state index contributed by atoms with van der Waals surface area (Å²) in [6.45, 7) is 12.5. The van der Waals surface area contributed by atoms with Crippen molar-refractivity contribution in [1.82, 2.24) is 0 Å². The second-order valence-electron chi connectivity index (χ2n) is 5.64. The number of rotatable bonds is 4. The first-order valence-electron chi connectivity index (χ1n) is 6.53. The van der Waals surface area contributed by atoms with Crippen LogP contribution < -0.4 is 0 Å². The van der Waals surface area contributed by atoms with Gasteiger partial charge in [0.05, 0.1) is 0 Å². The molecule has 0 aliphatic rings. The Morgan fingerprint density at radius 3 is 1.59 bits per heavy atom. The number of carbonyl (C=O) groups excluding carboxylic acids is 1. The zero-order valence-electron chi connectivity index (χ0n) is 11.9. The van der Waals surface area contributed by atoms with Gasteiger partial charge in [-0.2, -0.15) is 0 Å². The highest BCUT2D eigenvalue weighted by Crippen LogP contribution is 2.29. The summed E-state index contributed by atoms with van der Waals surface area (Å²) < 4.78 is 0. The van der Waals surface area contributed by atoms with Crippen molar-refractivity contribution in [2.75, 3.05) is 0 Å². The lowest BCUT2D eigenvalue weighted by molar-refractivity contribution is 0.0936. The molecule has 0 heterocycles. The summed E-state index contributed by atoms with van der Waals surface area (Å²) in [5, 5.41) is 0. The van der Waals surface area contributed by atoms with E-state index in [2.05, 4.69) is 45.9 Å². The molecule has 0 fully saturated rings. The van der Waals surface area contributed by atoms with Gasteiger partial charge in [0.2, 0.25) is 0 Å². The predicted octanol–water partition coefficient (Wildman–Crippen LogP) is 4.77. The second-order valence-corrected chi connectivity index (χ2v) is 5.64. The fourth-order valence-electron chi connectivity index (χ4n) is 2.12. The summed E-state index contributed by atoms with van der Waals surface area (Å²) >= 11 is 0. The van der Waals surface area contributed by atoms with E-state index in [1.54, 1.807) is 0 Å². The van der Waals surface area contributed by atoms with Gasteiger partial charge in [0, 0.05) is 11.5 Å².